The molecule has 0 amide bonds. The highest BCUT2D eigenvalue weighted by Gasteiger charge is 2.07. The van der Waals surface area contributed by atoms with E-state index in [1.54, 1.807) is 6.92 Å². The van der Waals surface area contributed by atoms with Gasteiger partial charge in [0.1, 0.15) is 13.2 Å². The van der Waals surface area contributed by atoms with Gasteiger partial charge in [-0.3, -0.25) is 4.79 Å². The van der Waals surface area contributed by atoms with Crippen molar-refractivity contribution in [1.29, 1.82) is 0 Å². The summed E-state index contributed by atoms with van der Waals surface area (Å²) < 4.78 is 25.0. The molecule has 132 valence electrons. The number of hydrogen-bond acceptors (Lipinski definition) is 8. The van der Waals surface area contributed by atoms with Crippen molar-refractivity contribution in [3.63, 3.8) is 0 Å². The predicted molar refractivity (Wildman–Crippen MR) is 79.9 cm³/mol. The van der Waals surface area contributed by atoms with Crippen molar-refractivity contribution in [2.45, 2.75) is 13.8 Å². The Morgan fingerprint density at radius 3 is 1.35 bits per heavy atom. The first-order valence-electron chi connectivity index (χ1n) is 7.18. The molecule has 0 aromatic heterocycles. The van der Waals surface area contributed by atoms with Crippen LogP contribution in [-0.2, 0) is 38.1 Å². The molecular formula is C15H24O8. The van der Waals surface area contributed by atoms with E-state index in [1.165, 1.54) is 0 Å². The second-order valence-corrected chi connectivity index (χ2v) is 4.45. The Bertz CT molecular complexity index is 355. The molecule has 0 aliphatic rings. The summed E-state index contributed by atoms with van der Waals surface area (Å²) >= 11 is 0. The fraction of sp³-hybridized carbons (Fsp3) is 0.667. The second-order valence-electron chi connectivity index (χ2n) is 4.45. The molecule has 0 aliphatic carbocycles. The Morgan fingerprint density at radius 1 is 0.652 bits per heavy atom. The van der Waals surface area contributed by atoms with Crippen LogP contribution in [-0.4, -0.2) is 70.6 Å². The van der Waals surface area contributed by atoms with Crippen LogP contribution in [0.3, 0.4) is 0 Å². The zero-order valence-electron chi connectivity index (χ0n) is 13.6. The number of esters is 2. The van der Waals surface area contributed by atoms with Crippen LogP contribution in [0.15, 0.2) is 12.2 Å². The van der Waals surface area contributed by atoms with E-state index in [0.29, 0.717) is 38.6 Å². The maximum Gasteiger partial charge on any atom is 0.374 e. The molecule has 0 spiro atoms. The average molecular weight is 332 g/mol. The van der Waals surface area contributed by atoms with Crippen molar-refractivity contribution >= 4 is 17.7 Å². The third-order valence-electron chi connectivity index (χ3n) is 2.30. The maximum atomic E-state index is 11.0. The van der Waals surface area contributed by atoms with Gasteiger partial charge in [0.15, 0.2) is 0 Å². The van der Waals surface area contributed by atoms with E-state index in [-0.39, 0.29) is 19.8 Å². The molecule has 0 aromatic carbocycles. The van der Waals surface area contributed by atoms with Crippen LogP contribution in [0.25, 0.3) is 0 Å². The minimum atomic E-state index is -0.865. The number of hydrogen-bond donors (Lipinski definition) is 0. The molecule has 0 atom stereocenters. The van der Waals surface area contributed by atoms with E-state index < -0.39 is 17.7 Å². The predicted octanol–water partition coefficient (Wildman–Crippen LogP) is 0.288. The molecule has 0 aliphatic heterocycles. The van der Waals surface area contributed by atoms with E-state index in [4.69, 9.17) is 18.9 Å². The summed E-state index contributed by atoms with van der Waals surface area (Å²) in [7, 11) is 0. The molecule has 0 fully saturated rings. The van der Waals surface area contributed by atoms with Gasteiger partial charge in [-0.05, 0) is 6.92 Å². The summed E-state index contributed by atoms with van der Waals surface area (Å²) in [5, 5.41) is 0. The van der Waals surface area contributed by atoms with Crippen molar-refractivity contribution in [3.8, 4) is 0 Å². The first-order chi connectivity index (χ1) is 10.9. The lowest BCUT2D eigenvalue weighted by Gasteiger charge is -2.07. The molecule has 23 heavy (non-hydrogen) atoms. The Hall–Kier alpha value is -1.77. The van der Waals surface area contributed by atoms with Gasteiger partial charge in [0, 0.05) is 12.5 Å². The van der Waals surface area contributed by atoms with Crippen molar-refractivity contribution in [1.82, 2.24) is 0 Å². The smallest absolute Gasteiger partial charge is 0.374 e. The number of ketones is 1. The first-order valence-corrected chi connectivity index (χ1v) is 7.18. The molecule has 0 saturated heterocycles. The molecule has 8 heteroatoms. The lowest BCUT2D eigenvalue weighted by Crippen LogP contribution is -2.18. The lowest BCUT2D eigenvalue weighted by atomic mass is 10.4. The van der Waals surface area contributed by atoms with Crippen LogP contribution in [0.1, 0.15) is 13.8 Å². The monoisotopic (exact) mass is 332 g/mol. The molecule has 0 heterocycles. The van der Waals surface area contributed by atoms with Gasteiger partial charge in [-0.25, -0.2) is 9.59 Å². The van der Waals surface area contributed by atoms with Crippen molar-refractivity contribution < 1.29 is 38.1 Å². The van der Waals surface area contributed by atoms with E-state index >= 15 is 0 Å². The summed E-state index contributed by atoms with van der Waals surface area (Å²) in [5.74, 6) is -1.94. The highest BCUT2D eigenvalue weighted by molar-refractivity contribution is 6.32. The molecular weight excluding hydrogens is 308 g/mol. The number of rotatable bonds is 14. The molecule has 0 unspecified atom stereocenters. The van der Waals surface area contributed by atoms with Crippen LogP contribution in [0, 0.1) is 0 Å². The number of carbonyl (C=O) groups excluding carboxylic acids is 3. The molecule has 0 aromatic rings. The minimum Gasteiger partial charge on any atom is -0.460 e. The van der Waals surface area contributed by atoms with Gasteiger partial charge in [-0.15, -0.1) is 0 Å². The zero-order chi connectivity index (χ0) is 17.5. The summed E-state index contributed by atoms with van der Waals surface area (Å²) in [6.45, 7) is 8.35. The standard InChI is InChI=1S/C15H24O8/c1-12(2)14(17)22-10-8-20-6-4-19-5-7-21-9-11-23-15(18)13(3)16/h1,4-11H2,2-3H3. The van der Waals surface area contributed by atoms with Crippen LogP contribution >= 0.6 is 0 Å². The van der Waals surface area contributed by atoms with Gasteiger partial charge in [0.2, 0.25) is 5.78 Å². The van der Waals surface area contributed by atoms with Gasteiger partial charge >= 0.3 is 11.9 Å². The molecule has 0 bridgehead atoms. The maximum absolute atomic E-state index is 11.0. The molecule has 0 N–H and O–H groups in total. The molecule has 0 radical (unpaired) electrons. The Morgan fingerprint density at radius 2 is 1.00 bits per heavy atom. The van der Waals surface area contributed by atoms with Gasteiger partial charge in [-0.1, -0.05) is 6.58 Å². The van der Waals surface area contributed by atoms with Crippen molar-refractivity contribution in [2.24, 2.45) is 0 Å². The van der Waals surface area contributed by atoms with Crippen LogP contribution in [0.4, 0.5) is 0 Å². The third-order valence-corrected chi connectivity index (χ3v) is 2.30. The number of ether oxygens (including phenoxy) is 5. The van der Waals surface area contributed by atoms with E-state index in [1.807, 2.05) is 0 Å². The summed E-state index contributed by atoms with van der Waals surface area (Å²) in [6, 6.07) is 0. The lowest BCUT2D eigenvalue weighted by molar-refractivity contribution is -0.154. The van der Waals surface area contributed by atoms with Crippen molar-refractivity contribution in [2.75, 3.05) is 52.9 Å². The topological polar surface area (TPSA) is 97.4 Å². The van der Waals surface area contributed by atoms with E-state index in [0.717, 1.165) is 6.92 Å². The third kappa shape index (κ3) is 13.6. The Balaban J connectivity index is 3.19. The van der Waals surface area contributed by atoms with Crippen molar-refractivity contribution in [3.05, 3.63) is 12.2 Å². The van der Waals surface area contributed by atoms with Crippen LogP contribution in [0.5, 0.6) is 0 Å². The largest absolute Gasteiger partial charge is 0.460 e. The van der Waals surface area contributed by atoms with Crippen LogP contribution in [0.2, 0.25) is 0 Å². The van der Waals surface area contributed by atoms with Gasteiger partial charge in [-0.2, -0.15) is 0 Å². The van der Waals surface area contributed by atoms with Gasteiger partial charge in [0.25, 0.3) is 0 Å². The second kappa shape index (κ2) is 13.9. The number of carbonyl (C=O) groups is 3. The quantitative estimate of drug-likeness (QED) is 0.194. The van der Waals surface area contributed by atoms with Crippen LogP contribution < -0.4 is 0 Å². The van der Waals surface area contributed by atoms with E-state index in [2.05, 4.69) is 11.3 Å². The average Bonchev–Trinajstić information content (AvgIpc) is 2.50. The minimum absolute atomic E-state index is 0.0322. The fourth-order valence-corrected chi connectivity index (χ4v) is 1.15. The molecule has 8 nitrogen and oxygen atoms in total. The summed E-state index contributed by atoms with van der Waals surface area (Å²) in [4.78, 5) is 32.4. The molecule has 0 saturated carbocycles. The van der Waals surface area contributed by atoms with E-state index in [9.17, 15) is 14.4 Å². The number of Topliss-reactive ketones (excluding diaryl/α,β-unsaturated/α-hetero) is 1. The first kappa shape index (κ1) is 21.2. The fourth-order valence-electron chi connectivity index (χ4n) is 1.15. The Kier molecular flexibility index (Phi) is 12.8. The summed E-state index contributed by atoms with van der Waals surface area (Å²) in [6.07, 6.45) is 0. The van der Waals surface area contributed by atoms with Gasteiger partial charge in [0.05, 0.1) is 39.6 Å². The zero-order valence-corrected chi connectivity index (χ0v) is 13.6. The SMILES string of the molecule is C=C(C)C(=O)OCCOCCOCCOCCOC(=O)C(C)=O. The molecule has 0 rings (SSSR count). The van der Waals surface area contributed by atoms with Gasteiger partial charge < -0.3 is 23.7 Å². The highest BCUT2D eigenvalue weighted by Crippen LogP contribution is 1.91. The highest BCUT2D eigenvalue weighted by atomic mass is 16.6. The Labute approximate surface area is 135 Å². The normalized spacial score (nSPS) is 10.2. The summed E-state index contributed by atoms with van der Waals surface area (Å²) in [5.41, 5.74) is 0.351.